The van der Waals surface area contributed by atoms with Gasteiger partial charge in [-0.2, -0.15) is 0 Å². The Balaban J connectivity index is 1.84. The van der Waals surface area contributed by atoms with Crippen molar-refractivity contribution in [2.45, 2.75) is 13.3 Å². The summed E-state index contributed by atoms with van der Waals surface area (Å²) >= 11 is 0. The summed E-state index contributed by atoms with van der Waals surface area (Å²) in [6, 6.07) is 11.5. The molecule has 2 aromatic rings. The predicted octanol–water partition coefficient (Wildman–Crippen LogP) is 2.43. The van der Waals surface area contributed by atoms with Crippen LogP contribution in [-0.4, -0.2) is 37.1 Å². The largest absolute Gasteiger partial charge is 0.490 e. The Morgan fingerprint density at radius 3 is 2.59 bits per heavy atom. The van der Waals surface area contributed by atoms with Crippen molar-refractivity contribution in [1.82, 2.24) is 5.32 Å². The van der Waals surface area contributed by atoms with Gasteiger partial charge >= 0.3 is 11.7 Å². The molecule has 0 aliphatic heterocycles. The van der Waals surface area contributed by atoms with E-state index >= 15 is 0 Å². The molecule has 27 heavy (non-hydrogen) atoms. The number of methoxy groups -OCH3 is 1. The molecule has 1 amide bonds. The highest BCUT2D eigenvalue weighted by molar-refractivity contribution is 5.92. The molecule has 8 nitrogen and oxygen atoms in total. The second-order valence-corrected chi connectivity index (χ2v) is 5.75. The zero-order valence-electron chi connectivity index (χ0n) is 15.1. The van der Waals surface area contributed by atoms with Gasteiger partial charge in [0.25, 0.3) is 5.91 Å². The lowest BCUT2D eigenvalue weighted by atomic mass is 10.1. The summed E-state index contributed by atoms with van der Waals surface area (Å²) in [5, 5.41) is 13.7. The van der Waals surface area contributed by atoms with Gasteiger partial charge < -0.3 is 14.8 Å². The van der Waals surface area contributed by atoms with Crippen molar-refractivity contribution < 1.29 is 24.0 Å². The number of nitro groups is 1. The smallest absolute Gasteiger partial charge is 0.338 e. The van der Waals surface area contributed by atoms with Gasteiger partial charge in [0.15, 0.2) is 12.4 Å². The van der Waals surface area contributed by atoms with E-state index in [0.29, 0.717) is 13.0 Å². The fraction of sp³-hybridized carbons (Fsp3) is 0.263. The van der Waals surface area contributed by atoms with Crippen LogP contribution in [0.1, 0.15) is 21.5 Å². The first kappa shape index (κ1) is 19.9. The van der Waals surface area contributed by atoms with Crippen molar-refractivity contribution in [2.24, 2.45) is 0 Å². The van der Waals surface area contributed by atoms with Gasteiger partial charge in [0.05, 0.1) is 17.6 Å². The highest BCUT2D eigenvalue weighted by Crippen LogP contribution is 2.27. The Labute approximate surface area is 156 Å². The normalized spacial score (nSPS) is 10.1. The molecule has 8 heteroatoms. The van der Waals surface area contributed by atoms with Gasteiger partial charge in [-0.05, 0) is 36.6 Å². The highest BCUT2D eigenvalue weighted by Gasteiger charge is 2.19. The summed E-state index contributed by atoms with van der Waals surface area (Å²) in [7, 11) is 1.29. The Hall–Kier alpha value is -3.42. The van der Waals surface area contributed by atoms with Gasteiger partial charge in [-0.15, -0.1) is 0 Å². The minimum Gasteiger partial charge on any atom is -0.490 e. The lowest BCUT2D eigenvalue weighted by molar-refractivity contribution is -0.385. The molecular formula is C19H20N2O6. The van der Waals surface area contributed by atoms with E-state index < -0.39 is 23.4 Å². The molecule has 0 fully saturated rings. The van der Waals surface area contributed by atoms with E-state index in [4.69, 9.17) is 9.47 Å². The molecule has 0 spiro atoms. The zero-order valence-corrected chi connectivity index (χ0v) is 15.1. The molecule has 0 bridgehead atoms. The monoisotopic (exact) mass is 372 g/mol. The molecular weight excluding hydrogens is 352 g/mol. The van der Waals surface area contributed by atoms with Crippen molar-refractivity contribution in [3.05, 3.63) is 69.3 Å². The highest BCUT2D eigenvalue weighted by atomic mass is 16.6. The van der Waals surface area contributed by atoms with Crippen LogP contribution < -0.4 is 10.1 Å². The van der Waals surface area contributed by atoms with Crippen LogP contribution in [0.4, 0.5) is 5.69 Å². The molecule has 2 aromatic carbocycles. The first-order valence-electron chi connectivity index (χ1n) is 8.23. The number of benzene rings is 2. The van der Waals surface area contributed by atoms with E-state index in [1.807, 2.05) is 31.2 Å². The third-order valence-electron chi connectivity index (χ3n) is 3.92. The minimum atomic E-state index is -0.824. The number of esters is 1. The van der Waals surface area contributed by atoms with E-state index in [1.54, 1.807) is 0 Å². The van der Waals surface area contributed by atoms with E-state index in [2.05, 4.69) is 5.32 Å². The van der Waals surface area contributed by atoms with E-state index in [-0.39, 0.29) is 17.0 Å². The third-order valence-corrected chi connectivity index (χ3v) is 3.92. The van der Waals surface area contributed by atoms with Gasteiger partial charge in [0.2, 0.25) is 0 Å². The molecule has 0 saturated heterocycles. The van der Waals surface area contributed by atoms with Gasteiger partial charge in [-0.25, -0.2) is 4.79 Å². The van der Waals surface area contributed by atoms with E-state index in [1.165, 1.54) is 19.2 Å². The molecule has 0 unspecified atom stereocenters. The van der Waals surface area contributed by atoms with Crippen LogP contribution in [0.2, 0.25) is 0 Å². The number of hydrogen-bond acceptors (Lipinski definition) is 6. The molecule has 2 rings (SSSR count). The van der Waals surface area contributed by atoms with Crippen molar-refractivity contribution >= 4 is 17.6 Å². The van der Waals surface area contributed by atoms with Crippen molar-refractivity contribution in [3.8, 4) is 5.75 Å². The molecule has 0 heterocycles. The standard InChI is InChI=1S/C19H20N2O6/c1-13-5-3-4-6-14(13)9-10-20-18(22)12-27-19(23)15-7-8-17(26-2)16(11-15)21(24)25/h3-8,11H,9-10,12H2,1-2H3,(H,20,22). The first-order chi connectivity index (χ1) is 12.9. The first-order valence-corrected chi connectivity index (χ1v) is 8.23. The van der Waals surface area contributed by atoms with Crippen molar-refractivity contribution in [2.75, 3.05) is 20.3 Å². The third kappa shape index (κ3) is 5.53. The summed E-state index contributed by atoms with van der Waals surface area (Å²) in [6.07, 6.45) is 0.664. The number of nitrogens with one attached hydrogen (secondary N) is 1. The van der Waals surface area contributed by atoms with Crippen molar-refractivity contribution in [1.29, 1.82) is 0 Å². The molecule has 0 aliphatic carbocycles. The van der Waals surface area contributed by atoms with Gasteiger partial charge in [0.1, 0.15) is 0 Å². The van der Waals surface area contributed by atoms with Gasteiger partial charge in [0, 0.05) is 12.6 Å². The molecule has 0 saturated carbocycles. The topological polar surface area (TPSA) is 108 Å². The van der Waals surface area contributed by atoms with Crippen LogP contribution in [0.5, 0.6) is 5.75 Å². The number of aryl methyl sites for hydroxylation is 1. The number of amides is 1. The van der Waals surface area contributed by atoms with Crippen LogP contribution in [0.15, 0.2) is 42.5 Å². The number of carbonyl (C=O) groups is 2. The average molecular weight is 372 g/mol. The fourth-order valence-electron chi connectivity index (χ4n) is 2.45. The molecule has 0 atom stereocenters. The SMILES string of the molecule is COc1ccc(C(=O)OCC(=O)NCCc2ccccc2C)cc1[N+](=O)[O-]. The summed E-state index contributed by atoms with van der Waals surface area (Å²) in [4.78, 5) is 34.1. The molecule has 1 N–H and O–H groups in total. The van der Waals surface area contributed by atoms with E-state index in [9.17, 15) is 19.7 Å². The predicted molar refractivity (Wildman–Crippen MR) is 97.8 cm³/mol. The summed E-state index contributed by atoms with van der Waals surface area (Å²) < 4.78 is 9.78. The lowest BCUT2D eigenvalue weighted by Gasteiger charge is -2.08. The molecule has 142 valence electrons. The number of nitro benzene ring substituents is 1. The molecule has 0 radical (unpaired) electrons. The summed E-state index contributed by atoms with van der Waals surface area (Å²) in [5.41, 5.74) is 1.88. The maximum atomic E-state index is 12.0. The molecule has 0 aliphatic rings. The number of rotatable bonds is 8. The number of hydrogen-bond donors (Lipinski definition) is 1. The van der Waals surface area contributed by atoms with Crippen molar-refractivity contribution in [3.63, 3.8) is 0 Å². The minimum absolute atomic E-state index is 0.0322. The zero-order chi connectivity index (χ0) is 19.8. The number of carbonyl (C=O) groups excluding carboxylic acids is 2. The Kier molecular flexibility index (Phi) is 6.87. The Bertz CT molecular complexity index is 850. The lowest BCUT2D eigenvalue weighted by Crippen LogP contribution is -2.30. The maximum absolute atomic E-state index is 12.0. The maximum Gasteiger partial charge on any atom is 0.338 e. The summed E-state index contributed by atoms with van der Waals surface area (Å²) in [5.74, 6) is -1.24. The number of ether oxygens (including phenoxy) is 2. The van der Waals surface area contributed by atoms with Crippen LogP contribution in [0, 0.1) is 17.0 Å². The van der Waals surface area contributed by atoms with Crippen LogP contribution >= 0.6 is 0 Å². The van der Waals surface area contributed by atoms with E-state index in [0.717, 1.165) is 17.2 Å². The summed E-state index contributed by atoms with van der Waals surface area (Å²) in [6.45, 7) is 1.94. The van der Waals surface area contributed by atoms with Gasteiger partial charge in [-0.3, -0.25) is 14.9 Å². The number of nitrogens with zero attached hydrogens (tertiary/aromatic N) is 1. The Morgan fingerprint density at radius 2 is 1.93 bits per heavy atom. The quantitative estimate of drug-likeness (QED) is 0.433. The van der Waals surface area contributed by atoms with Crippen LogP contribution in [0.3, 0.4) is 0 Å². The Morgan fingerprint density at radius 1 is 1.19 bits per heavy atom. The van der Waals surface area contributed by atoms with Gasteiger partial charge in [-0.1, -0.05) is 24.3 Å². The van der Waals surface area contributed by atoms with Crippen LogP contribution in [0.25, 0.3) is 0 Å². The average Bonchev–Trinajstić information content (AvgIpc) is 2.67. The second-order valence-electron chi connectivity index (χ2n) is 5.75. The fourth-order valence-corrected chi connectivity index (χ4v) is 2.45. The molecule has 0 aromatic heterocycles. The second kappa shape index (κ2) is 9.33. The van der Waals surface area contributed by atoms with Crippen LogP contribution in [-0.2, 0) is 16.0 Å².